The Labute approximate surface area is 109 Å². The fourth-order valence-electron chi connectivity index (χ4n) is 1.97. The molecule has 1 aliphatic rings. The number of hydrogen-bond donors (Lipinski definition) is 0. The van der Waals surface area contributed by atoms with E-state index in [2.05, 4.69) is 11.6 Å². The van der Waals surface area contributed by atoms with Crippen LogP contribution >= 0.6 is 0 Å². The van der Waals surface area contributed by atoms with Crippen LogP contribution in [0.1, 0.15) is 12.8 Å². The molecule has 4 nitrogen and oxygen atoms in total. The molecule has 1 aromatic heterocycles. The molecule has 2 rings (SSSR count). The third-order valence-corrected chi connectivity index (χ3v) is 2.94. The maximum Gasteiger partial charge on any atom is 0.281 e. The van der Waals surface area contributed by atoms with E-state index in [4.69, 9.17) is 4.74 Å². The molecule has 2 heterocycles. The molecule has 0 aliphatic carbocycles. The zero-order valence-corrected chi connectivity index (χ0v) is 10.3. The maximum absolute atomic E-state index is 12.9. The van der Waals surface area contributed by atoms with E-state index >= 15 is 0 Å². The molecule has 102 valence electrons. The van der Waals surface area contributed by atoms with E-state index in [9.17, 15) is 13.6 Å². The lowest BCUT2D eigenvalue weighted by Gasteiger charge is -2.31. The zero-order chi connectivity index (χ0) is 13.8. The Morgan fingerprint density at radius 2 is 2.11 bits per heavy atom. The number of ether oxygens (including phenoxy) is 1. The van der Waals surface area contributed by atoms with Crippen LogP contribution in [0.15, 0.2) is 30.6 Å². The van der Waals surface area contributed by atoms with Crippen molar-refractivity contribution < 1.29 is 18.3 Å². The van der Waals surface area contributed by atoms with Crippen LogP contribution in [0.4, 0.5) is 8.78 Å². The number of nitrogens with zero attached hydrogens (tertiary/aromatic N) is 2. The Bertz CT molecular complexity index is 485. The van der Waals surface area contributed by atoms with E-state index in [0.717, 1.165) is 0 Å². The summed E-state index contributed by atoms with van der Waals surface area (Å²) in [5, 5.41) is 0. The summed E-state index contributed by atoms with van der Waals surface area (Å²) in [5.74, 6) is -2.01. The monoisotopic (exact) mass is 268 g/mol. The molecule has 1 amide bonds. The van der Waals surface area contributed by atoms with Gasteiger partial charge in [0.05, 0.1) is 0 Å². The van der Waals surface area contributed by atoms with Crippen LogP contribution in [0.25, 0.3) is 0 Å². The molecular formula is C13H14F2N2O2. The topological polar surface area (TPSA) is 42.4 Å². The van der Waals surface area contributed by atoms with Crippen molar-refractivity contribution in [3.8, 4) is 5.88 Å². The first-order valence-corrected chi connectivity index (χ1v) is 5.99. The molecule has 0 unspecified atom stereocenters. The summed E-state index contributed by atoms with van der Waals surface area (Å²) < 4.78 is 31.1. The predicted molar refractivity (Wildman–Crippen MR) is 64.7 cm³/mol. The first-order valence-electron chi connectivity index (χ1n) is 5.99. The van der Waals surface area contributed by atoms with Gasteiger partial charge in [-0.1, -0.05) is 12.6 Å². The van der Waals surface area contributed by atoms with Crippen molar-refractivity contribution in [2.24, 2.45) is 0 Å². The third-order valence-electron chi connectivity index (χ3n) is 2.94. The smallest absolute Gasteiger partial charge is 0.281 e. The van der Waals surface area contributed by atoms with Crippen LogP contribution in [-0.2, 0) is 4.79 Å². The Hall–Kier alpha value is -1.98. The summed E-state index contributed by atoms with van der Waals surface area (Å²) in [6.07, 6.45) is 0.959. The maximum atomic E-state index is 12.9. The van der Waals surface area contributed by atoms with Crippen molar-refractivity contribution in [1.82, 2.24) is 9.88 Å². The van der Waals surface area contributed by atoms with Gasteiger partial charge in [-0.05, 0) is 6.07 Å². The molecule has 0 saturated carbocycles. The summed E-state index contributed by atoms with van der Waals surface area (Å²) in [5.41, 5.74) is 0. The summed E-state index contributed by atoms with van der Waals surface area (Å²) in [6.45, 7) is 3.77. The van der Waals surface area contributed by atoms with Gasteiger partial charge in [-0.3, -0.25) is 4.79 Å². The average molecular weight is 268 g/mol. The highest BCUT2D eigenvalue weighted by molar-refractivity contribution is 5.90. The molecule has 0 aromatic carbocycles. The van der Waals surface area contributed by atoms with Gasteiger partial charge in [0.2, 0.25) is 11.8 Å². The Kier molecular flexibility index (Phi) is 4.09. The highest BCUT2D eigenvalue weighted by Crippen LogP contribution is 2.18. The summed E-state index contributed by atoms with van der Waals surface area (Å²) in [6, 6.07) is 4.33. The molecule has 1 aliphatic heterocycles. The minimum absolute atomic E-state index is 0.147. The second kappa shape index (κ2) is 5.77. The second-order valence-corrected chi connectivity index (χ2v) is 4.31. The summed E-state index contributed by atoms with van der Waals surface area (Å²) >= 11 is 0. The number of carbonyl (C=O) groups excluding carboxylic acids is 1. The van der Waals surface area contributed by atoms with E-state index in [1.165, 1.54) is 17.0 Å². The van der Waals surface area contributed by atoms with Gasteiger partial charge >= 0.3 is 0 Å². The molecule has 1 fully saturated rings. The van der Waals surface area contributed by atoms with Crippen molar-refractivity contribution in [2.75, 3.05) is 13.1 Å². The first-order chi connectivity index (χ1) is 9.06. The SMILES string of the molecule is C=C(F)C(=O)N1CCC(Oc2cccc(F)n2)CC1. The van der Waals surface area contributed by atoms with Gasteiger partial charge in [0.25, 0.3) is 5.91 Å². The number of amides is 1. The van der Waals surface area contributed by atoms with Crippen molar-refractivity contribution in [3.05, 3.63) is 36.6 Å². The number of carbonyl (C=O) groups is 1. The van der Waals surface area contributed by atoms with E-state index in [1.54, 1.807) is 6.07 Å². The lowest BCUT2D eigenvalue weighted by Crippen LogP contribution is -2.41. The lowest BCUT2D eigenvalue weighted by atomic mass is 10.1. The van der Waals surface area contributed by atoms with Crippen LogP contribution in [0.3, 0.4) is 0 Å². The second-order valence-electron chi connectivity index (χ2n) is 4.31. The normalized spacial score (nSPS) is 16.2. The van der Waals surface area contributed by atoms with Crippen LogP contribution in [-0.4, -0.2) is 35.0 Å². The van der Waals surface area contributed by atoms with Gasteiger partial charge in [-0.15, -0.1) is 0 Å². The molecule has 0 radical (unpaired) electrons. The third kappa shape index (κ3) is 3.49. The molecule has 6 heteroatoms. The van der Waals surface area contributed by atoms with E-state index in [-0.39, 0.29) is 12.0 Å². The standard InChI is InChI=1S/C13H14F2N2O2/c1-9(14)13(18)17-7-5-10(6-8-17)19-12-4-2-3-11(15)16-12/h2-4,10H,1,5-8H2. The van der Waals surface area contributed by atoms with Crippen LogP contribution in [0.5, 0.6) is 5.88 Å². The number of rotatable bonds is 3. The van der Waals surface area contributed by atoms with Gasteiger partial charge in [0.1, 0.15) is 6.10 Å². The summed E-state index contributed by atoms with van der Waals surface area (Å²) in [7, 11) is 0. The van der Waals surface area contributed by atoms with Crippen LogP contribution in [0, 0.1) is 5.95 Å². The number of aromatic nitrogens is 1. The van der Waals surface area contributed by atoms with Crippen LogP contribution < -0.4 is 4.74 Å². The van der Waals surface area contributed by atoms with Gasteiger partial charge < -0.3 is 9.64 Å². The number of piperidine rings is 1. The van der Waals surface area contributed by atoms with E-state index in [1.807, 2.05) is 0 Å². The molecule has 0 N–H and O–H groups in total. The fourth-order valence-corrected chi connectivity index (χ4v) is 1.97. The van der Waals surface area contributed by atoms with Gasteiger partial charge in [-0.2, -0.15) is 9.37 Å². The van der Waals surface area contributed by atoms with E-state index < -0.39 is 17.7 Å². The predicted octanol–water partition coefficient (Wildman–Crippen LogP) is 2.07. The molecule has 0 spiro atoms. The van der Waals surface area contributed by atoms with Gasteiger partial charge in [-0.25, -0.2) is 4.39 Å². The molecule has 19 heavy (non-hydrogen) atoms. The lowest BCUT2D eigenvalue weighted by molar-refractivity contribution is -0.130. The van der Waals surface area contributed by atoms with Crippen LogP contribution in [0.2, 0.25) is 0 Å². The Morgan fingerprint density at radius 1 is 1.42 bits per heavy atom. The number of pyridine rings is 1. The minimum Gasteiger partial charge on any atom is -0.474 e. The fraction of sp³-hybridized carbons (Fsp3) is 0.385. The molecular weight excluding hydrogens is 254 g/mol. The van der Waals surface area contributed by atoms with Crippen molar-refractivity contribution in [1.29, 1.82) is 0 Å². The quantitative estimate of drug-likeness (QED) is 0.622. The summed E-state index contributed by atoms with van der Waals surface area (Å²) in [4.78, 5) is 16.4. The van der Waals surface area contributed by atoms with Crippen molar-refractivity contribution >= 4 is 5.91 Å². The highest BCUT2D eigenvalue weighted by atomic mass is 19.1. The average Bonchev–Trinajstić information content (AvgIpc) is 2.39. The number of likely N-dealkylation sites (tertiary alicyclic amines) is 1. The van der Waals surface area contributed by atoms with Crippen molar-refractivity contribution in [2.45, 2.75) is 18.9 Å². The first kappa shape index (κ1) is 13.5. The highest BCUT2D eigenvalue weighted by Gasteiger charge is 2.25. The molecule has 1 saturated heterocycles. The number of halogens is 2. The van der Waals surface area contributed by atoms with Crippen molar-refractivity contribution in [3.63, 3.8) is 0 Å². The Morgan fingerprint density at radius 3 is 2.68 bits per heavy atom. The van der Waals surface area contributed by atoms with E-state index in [0.29, 0.717) is 25.9 Å². The van der Waals surface area contributed by atoms with Gasteiger partial charge in [0, 0.05) is 32.0 Å². The molecule has 0 bridgehead atoms. The van der Waals surface area contributed by atoms with Gasteiger partial charge in [0.15, 0.2) is 5.83 Å². The largest absolute Gasteiger partial charge is 0.474 e. The zero-order valence-electron chi connectivity index (χ0n) is 10.3. The number of hydrogen-bond acceptors (Lipinski definition) is 3. The molecule has 0 atom stereocenters. The molecule has 1 aromatic rings. The Balaban J connectivity index is 1.87. The minimum atomic E-state index is -0.953.